The molecular weight excluding hydrogens is 390 g/mol. The second kappa shape index (κ2) is 8.79. The number of hydrogen-bond acceptors (Lipinski definition) is 3. The predicted octanol–water partition coefficient (Wildman–Crippen LogP) is 5.74. The molecule has 0 aliphatic rings. The minimum atomic E-state index is -0.948. The highest BCUT2D eigenvalue weighted by molar-refractivity contribution is 5.88. The van der Waals surface area contributed by atoms with Crippen molar-refractivity contribution in [3.8, 4) is 28.4 Å². The first-order valence-corrected chi connectivity index (χ1v) is 9.94. The van der Waals surface area contributed by atoms with Crippen molar-refractivity contribution in [3.05, 3.63) is 102 Å². The first-order valence-electron chi connectivity index (χ1n) is 9.94. The van der Waals surface area contributed by atoms with Crippen LogP contribution in [0.5, 0.6) is 11.5 Å². The minimum Gasteiger partial charge on any atom is -0.497 e. The van der Waals surface area contributed by atoms with Crippen molar-refractivity contribution in [2.24, 2.45) is 0 Å². The molecule has 0 saturated carbocycles. The molecule has 0 amide bonds. The first kappa shape index (κ1) is 20.3. The van der Waals surface area contributed by atoms with Gasteiger partial charge in [0.1, 0.15) is 18.1 Å². The Bertz CT molecular complexity index is 1210. The number of carbonyl (C=O) groups is 1. The molecule has 4 rings (SSSR count). The standard InChI is InChI=1S/C26H23NO4/c1-18-10-15-24(27(18)21-7-5-6-20(16-21)26(28)29)23-8-3-4-9-25(23)31-17-19-11-13-22(30-2)14-12-19/h3-16H,17H2,1-2H3,(H,28,29). The maximum atomic E-state index is 11.4. The molecule has 5 heteroatoms. The molecule has 0 unspecified atom stereocenters. The molecule has 4 aromatic rings. The third-order valence-electron chi connectivity index (χ3n) is 5.14. The molecule has 0 aliphatic carbocycles. The third kappa shape index (κ3) is 4.31. The number of rotatable bonds is 7. The third-order valence-corrected chi connectivity index (χ3v) is 5.14. The lowest BCUT2D eigenvalue weighted by molar-refractivity contribution is 0.0697. The number of benzene rings is 3. The lowest BCUT2D eigenvalue weighted by atomic mass is 10.1. The molecule has 5 nitrogen and oxygen atoms in total. The molecule has 0 atom stereocenters. The van der Waals surface area contributed by atoms with Gasteiger partial charge in [-0.15, -0.1) is 0 Å². The lowest BCUT2D eigenvalue weighted by Gasteiger charge is -2.16. The summed E-state index contributed by atoms with van der Waals surface area (Å²) in [6.45, 7) is 2.42. The van der Waals surface area contributed by atoms with Crippen LogP contribution in [0.2, 0.25) is 0 Å². The average Bonchev–Trinajstić information content (AvgIpc) is 3.19. The molecule has 1 N–H and O–H groups in total. The number of methoxy groups -OCH3 is 1. The van der Waals surface area contributed by atoms with E-state index in [1.165, 1.54) is 0 Å². The number of nitrogens with zero attached hydrogens (tertiary/aromatic N) is 1. The van der Waals surface area contributed by atoms with Crippen LogP contribution in [-0.2, 0) is 6.61 Å². The topological polar surface area (TPSA) is 60.7 Å². The second-order valence-corrected chi connectivity index (χ2v) is 7.18. The second-order valence-electron chi connectivity index (χ2n) is 7.18. The quantitative estimate of drug-likeness (QED) is 0.420. The number of para-hydroxylation sites is 1. The SMILES string of the molecule is COc1ccc(COc2ccccc2-c2ccc(C)n2-c2cccc(C(=O)O)c2)cc1. The Morgan fingerprint density at radius 3 is 2.45 bits per heavy atom. The van der Waals surface area contributed by atoms with Crippen LogP contribution in [0.15, 0.2) is 84.9 Å². The van der Waals surface area contributed by atoms with Crippen molar-refractivity contribution in [2.45, 2.75) is 13.5 Å². The van der Waals surface area contributed by atoms with Gasteiger partial charge >= 0.3 is 5.97 Å². The van der Waals surface area contributed by atoms with E-state index in [4.69, 9.17) is 9.47 Å². The molecule has 156 valence electrons. The normalized spacial score (nSPS) is 10.6. The molecule has 0 spiro atoms. The Balaban J connectivity index is 1.68. The summed E-state index contributed by atoms with van der Waals surface area (Å²) < 4.78 is 13.4. The van der Waals surface area contributed by atoms with Crippen molar-refractivity contribution in [2.75, 3.05) is 7.11 Å². The van der Waals surface area contributed by atoms with Crippen molar-refractivity contribution in [3.63, 3.8) is 0 Å². The van der Waals surface area contributed by atoms with Gasteiger partial charge in [0.05, 0.1) is 18.4 Å². The van der Waals surface area contributed by atoms with E-state index in [2.05, 4.69) is 0 Å². The molecule has 0 fully saturated rings. The van der Waals surface area contributed by atoms with Crippen LogP contribution in [-0.4, -0.2) is 22.8 Å². The number of hydrogen-bond donors (Lipinski definition) is 1. The van der Waals surface area contributed by atoms with Crippen LogP contribution in [0.25, 0.3) is 16.9 Å². The van der Waals surface area contributed by atoms with Crippen LogP contribution in [0.3, 0.4) is 0 Å². The van der Waals surface area contributed by atoms with Crippen LogP contribution in [0, 0.1) is 6.92 Å². The minimum absolute atomic E-state index is 0.251. The molecule has 0 radical (unpaired) electrons. The van der Waals surface area contributed by atoms with Crippen LogP contribution >= 0.6 is 0 Å². The number of aromatic carboxylic acids is 1. The number of carboxylic acid groups (broad SMARTS) is 1. The highest BCUT2D eigenvalue weighted by Crippen LogP contribution is 2.34. The van der Waals surface area contributed by atoms with E-state index in [1.807, 2.05) is 78.2 Å². The van der Waals surface area contributed by atoms with Gasteiger partial charge in [-0.3, -0.25) is 0 Å². The van der Waals surface area contributed by atoms with E-state index in [1.54, 1.807) is 25.3 Å². The summed E-state index contributed by atoms with van der Waals surface area (Å²) in [6, 6.07) is 26.6. The largest absolute Gasteiger partial charge is 0.497 e. The van der Waals surface area contributed by atoms with Crippen molar-refractivity contribution in [1.82, 2.24) is 4.57 Å². The van der Waals surface area contributed by atoms with E-state index in [9.17, 15) is 9.90 Å². The fourth-order valence-corrected chi connectivity index (χ4v) is 3.56. The van der Waals surface area contributed by atoms with Gasteiger partial charge < -0.3 is 19.1 Å². The van der Waals surface area contributed by atoms with Gasteiger partial charge in [0.15, 0.2) is 0 Å². The van der Waals surface area contributed by atoms with Crippen molar-refractivity contribution < 1.29 is 19.4 Å². The molecule has 1 aromatic heterocycles. The van der Waals surface area contributed by atoms with E-state index in [-0.39, 0.29) is 5.56 Å². The zero-order valence-electron chi connectivity index (χ0n) is 17.4. The number of ether oxygens (including phenoxy) is 2. The zero-order valence-corrected chi connectivity index (χ0v) is 17.4. The zero-order chi connectivity index (χ0) is 21.8. The van der Waals surface area contributed by atoms with Gasteiger partial charge in [-0.25, -0.2) is 4.79 Å². The van der Waals surface area contributed by atoms with Gasteiger partial charge in [-0.05, 0) is 67.1 Å². The molecule has 0 bridgehead atoms. The Hall–Kier alpha value is -3.99. The highest BCUT2D eigenvalue weighted by Gasteiger charge is 2.15. The summed E-state index contributed by atoms with van der Waals surface area (Å²) in [5.74, 6) is 0.615. The number of carboxylic acids is 1. The van der Waals surface area contributed by atoms with Crippen molar-refractivity contribution in [1.29, 1.82) is 0 Å². The van der Waals surface area contributed by atoms with Crippen LogP contribution in [0.1, 0.15) is 21.6 Å². The van der Waals surface area contributed by atoms with Gasteiger partial charge in [0, 0.05) is 16.9 Å². The Kier molecular flexibility index (Phi) is 5.76. The van der Waals surface area contributed by atoms with Gasteiger partial charge in [-0.2, -0.15) is 0 Å². The fourth-order valence-electron chi connectivity index (χ4n) is 3.56. The van der Waals surface area contributed by atoms with Crippen LogP contribution < -0.4 is 9.47 Å². The van der Waals surface area contributed by atoms with Gasteiger partial charge in [0.25, 0.3) is 0 Å². The predicted molar refractivity (Wildman–Crippen MR) is 120 cm³/mol. The van der Waals surface area contributed by atoms with E-state index >= 15 is 0 Å². The molecule has 0 aliphatic heterocycles. The van der Waals surface area contributed by atoms with E-state index < -0.39 is 5.97 Å². The first-order chi connectivity index (χ1) is 15.1. The average molecular weight is 413 g/mol. The van der Waals surface area contributed by atoms with Gasteiger partial charge in [0.2, 0.25) is 0 Å². The molecular formula is C26H23NO4. The Morgan fingerprint density at radius 2 is 1.71 bits per heavy atom. The molecule has 1 heterocycles. The van der Waals surface area contributed by atoms with E-state index in [0.29, 0.717) is 6.61 Å². The summed E-state index contributed by atoms with van der Waals surface area (Å²) in [6.07, 6.45) is 0. The highest BCUT2D eigenvalue weighted by atomic mass is 16.5. The summed E-state index contributed by atoms with van der Waals surface area (Å²) in [5.41, 5.74) is 4.96. The summed E-state index contributed by atoms with van der Waals surface area (Å²) in [4.78, 5) is 11.4. The number of aromatic nitrogens is 1. The lowest BCUT2D eigenvalue weighted by Crippen LogP contribution is -2.03. The summed E-state index contributed by atoms with van der Waals surface area (Å²) >= 11 is 0. The molecule has 0 saturated heterocycles. The number of aryl methyl sites for hydroxylation is 1. The molecule has 3 aromatic carbocycles. The monoisotopic (exact) mass is 413 g/mol. The molecule has 31 heavy (non-hydrogen) atoms. The maximum absolute atomic E-state index is 11.4. The van der Waals surface area contributed by atoms with Crippen LogP contribution in [0.4, 0.5) is 0 Å². The van der Waals surface area contributed by atoms with E-state index in [0.717, 1.165) is 39.7 Å². The Labute approximate surface area is 181 Å². The maximum Gasteiger partial charge on any atom is 0.335 e. The fraction of sp³-hybridized carbons (Fsp3) is 0.115. The summed E-state index contributed by atoms with van der Waals surface area (Å²) in [5, 5.41) is 9.38. The summed E-state index contributed by atoms with van der Waals surface area (Å²) in [7, 11) is 1.64. The smallest absolute Gasteiger partial charge is 0.335 e. The van der Waals surface area contributed by atoms with Crippen molar-refractivity contribution >= 4 is 5.97 Å². The van der Waals surface area contributed by atoms with Gasteiger partial charge in [-0.1, -0.05) is 30.3 Å². The Morgan fingerprint density at radius 1 is 0.935 bits per heavy atom.